The molecule has 0 aliphatic rings. The summed E-state index contributed by atoms with van der Waals surface area (Å²) < 4.78 is 26.4. The Bertz CT molecular complexity index is 1420. The van der Waals surface area contributed by atoms with Crippen molar-refractivity contribution < 1.29 is 18.0 Å². The van der Waals surface area contributed by atoms with E-state index in [1.165, 1.54) is 4.31 Å². The van der Waals surface area contributed by atoms with E-state index in [4.69, 9.17) is 23.2 Å². The van der Waals surface area contributed by atoms with Crippen LogP contribution in [0.15, 0.2) is 78.9 Å². The van der Waals surface area contributed by atoms with Gasteiger partial charge in [0.2, 0.25) is 21.8 Å². The summed E-state index contributed by atoms with van der Waals surface area (Å²) >= 11 is 12.6. The molecule has 0 spiro atoms. The smallest absolute Gasteiger partial charge is 0.243 e. The van der Waals surface area contributed by atoms with Gasteiger partial charge in [-0.05, 0) is 47.7 Å². The Labute approximate surface area is 253 Å². The van der Waals surface area contributed by atoms with Crippen molar-refractivity contribution in [2.45, 2.75) is 45.7 Å². The molecule has 3 rings (SSSR count). The largest absolute Gasteiger partial charge is 0.354 e. The molecule has 10 heteroatoms. The lowest BCUT2D eigenvalue weighted by Crippen LogP contribution is -2.51. The topological polar surface area (TPSA) is 86.8 Å². The van der Waals surface area contributed by atoms with Gasteiger partial charge in [-0.15, -0.1) is 0 Å². The summed E-state index contributed by atoms with van der Waals surface area (Å²) in [5, 5.41) is 3.90. The minimum atomic E-state index is -3.62. The zero-order valence-corrected chi connectivity index (χ0v) is 25.9. The van der Waals surface area contributed by atoms with Crippen LogP contribution in [-0.4, -0.2) is 50.5 Å². The maximum Gasteiger partial charge on any atom is 0.243 e. The van der Waals surface area contributed by atoms with Gasteiger partial charge in [0.1, 0.15) is 6.04 Å². The maximum atomic E-state index is 13.9. The van der Waals surface area contributed by atoms with Crippen LogP contribution in [0.2, 0.25) is 10.0 Å². The van der Waals surface area contributed by atoms with Gasteiger partial charge in [0, 0.05) is 42.5 Å². The van der Waals surface area contributed by atoms with Crippen molar-refractivity contribution >= 4 is 50.7 Å². The van der Waals surface area contributed by atoms with Gasteiger partial charge in [-0.2, -0.15) is 0 Å². The van der Waals surface area contributed by atoms with Gasteiger partial charge in [0.05, 0.1) is 11.9 Å². The van der Waals surface area contributed by atoms with Crippen LogP contribution in [-0.2, 0) is 32.6 Å². The summed E-state index contributed by atoms with van der Waals surface area (Å²) in [5.41, 5.74) is 2.06. The number of carbonyl (C=O) groups excluding carboxylic acids is 2. The number of amides is 2. The van der Waals surface area contributed by atoms with E-state index in [-0.39, 0.29) is 43.7 Å². The van der Waals surface area contributed by atoms with Crippen molar-refractivity contribution in [3.63, 3.8) is 0 Å². The van der Waals surface area contributed by atoms with Crippen LogP contribution in [0.5, 0.6) is 0 Å². The molecule has 0 aliphatic carbocycles. The van der Waals surface area contributed by atoms with Crippen LogP contribution in [0.25, 0.3) is 0 Å². The van der Waals surface area contributed by atoms with Gasteiger partial charge in [-0.1, -0.05) is 91.6 Å². The van der Waals surface area contributed by atoms with Crippen molar-refractivity contribution in [3.8, 4) is 0 Å². The predicted molar refractivity (Wildman–Crippen MR) is 167 cm³/mol. The van der Waals surface area contributed by atoms with Gasteiger partial charge >= 0.3 is 0 Å². The lowest BCUT2D eigenvalue weighted by molar-refractivity contribution is -0.141. The summed E-state index contributed by atoms with van der Waals surface area (Å²) in [6.07, 6.45) is 1.70. The molecule has 7 nitrogen and oxygen atoms in total. The quantitative estimate of drug-likeness (QED) is 0.242. The maximum absolute atomic E-state index is 13.9. The molecule has 1 N–H and O–H groups in total. The molecule has 3 aromatic rings. The molecule has 1 atom stereocenters. The molecule has 0 bridgehead atoms. The zero-order valence-electron chi connectivity index (χ0n) is 23.6. The number of hydrogen-bond donors (Lipinski definition) is 1. The lowest BCUT2D eigenvalue weighted by atomic mass is 10.0. The Balaban J connectivity index is 1.89. The van der Waals surface area contributed by atoms with Crippen LogP contribution < -0.4 is 9.62 Å². The molecule has 3 aromatic carbocycles. The summed E-state index contributed by atoms with van der Waals surface area (Å²) in [5.74, 6) is -0.290. The van der Waals surface area contributed by atoms with Crippen LogP contribution in [0.3, 0.4) is 0 Å². The van der Waals surface area contributed by atoms with Gasteiger partial charge in [-0.3, -0.25) is 13.9 Å². The Morgan fingerprint density at radius 3 is 2.24 bits per heavy atom. The van der Waals surface area contributed by atoms with E-state index in [9.17, 15) is 18.0 Å². The average molecular weight is 619 g/mol. The number of rotatable bonds is 14. The van der Waals surface area contributed by atoms with E-state index in [1.807, 2.05) is 62.4 Å². The Morgan fingerprint density at radius 1 is 0.927 bits per heavy atom. The fourth-order valence-corrected chi connectivity index (χ4v) is 5.76. The number of halogens is 2. The van der Waals surface area contributed by atoms with Gasteiger partial charge < -0.3 is 10.2 Å². The number of hydrogen-bond acceptors (Lipinski definition) is 4. The first-order valence-electron chi connectivity index (χ1n) is 13.5. The molecule has 0 aromatic heterocycles. The van der Waals surface area contributed by atoms with E-state index >= 15 is 0 Å². The number of carbonyl (C=O) groups is 2. The molecule has 0 saturated carbocycles. The predicted octanol–water partition coefficient (Wildman–Crippen LogP) is 5.95. The van der Waals surface area contributed by atoms with E-state index in [1.54, 1.807) is 35.2 Å². The molecule has 0 heterocycles. The molecule has 2 amide bonds. The normalized spacial score (nSPS) is 12.1. The van der Waals surface area contributed by atoms with Gasteiger partial charge in [-0.25, -0.2) is 8.42 Å². The molecule has 0 fully saturated rings. The molecule has 220 valence electrons. The number of nitrogens with one attached hydrogen (secondary N) is 1. The third kappa shape index (κ3) is 10.1. The number of sulfonamides is 1. The second-order valence-electron chi connectivity index (χ2n) is 10.4. The second kappa shape index (κ2) is 15.2. The standard InChI is InChI=1S/C31H37Cl2N3O4S/c1-23(2)21-34-31(38)29(19-24-11-5-4-6-12-24)35(22-25-13-7-8-16-28(25)33)30(37)17-10-18-36(41(3,39)40)27-15-9-14-26(32)20-27/h4-9,11-16,20,23,29H,10,17-19,21-22H2,1-3H3,(H,34,38)/t29-/m0/s1. The van der Waals surface area contributed by atoms with Crippen molar-refractivity contribution in [2.75, 3.05) is 23.7 Å². The fourth-order valence-electron chi connectivity index (χ4n) is 4.42. The highest BCUT2D eigenvalue weighted by molar-refractivity contribution is 7.92. The fraction of sp³-hybridized carbons (Fsp3) is 0.355. The van der Waals surface area contributed by atoms with Crippen molar-refractivity contribution in [2.24, 2.45) is 5.92 Å². The van der Waals surface area contributed by atoms with Crippen LogP contribution in [0.1, 0.15) is 37.8 Å². The number of anilines is 1. The molecule has 0 radical (unpaired) electrons. The van der Waals surface area contributed by atoms with Crippen LogP contribution >= 0.6 is 23.2 Å². The Morgan fingerprint density at radius 2 is 1.61 bits per heavy atom. The first kappa shape index (κ1) is 32.4. The minimum Gasteiger partial charge on any atom is -0.354 e. The van der Waals surface area contributed by atoms with Crippen molar-refractivity contribution in [1.82, 2.24) is 10.2 Å². The molecule has 41 heavy (non-hydrogen) atoms. The highest BCUT2D eigenvalue weighted by Gasteiger charge is 2.31. The van der Waals surface area contributed by atoms with E-state index in [0.717, 1.165) is 11.8 Å². The van der Waals surface area contributed by atoms with Crippen molar-refractivity contribution in [3.05, 3.63) is 100 Å². The number of benzene rings is 3. The van der Waals surface area contributed by atoms with Gasteiger partial charge in [0.15, 0.2) is 0 Å². The monoisotopic (exact) mass is 617 g/mol. The molecule has 0 aliphatic heterocycles. The minimum absolute atomic E-state index is 0.0276. The first-order valence-corrected chi connectivity index (χ1v) is 16.1. The summed E-state index contributed by atoms with van der Waals surface area (Å²) in [6, 6.07) is 22.6. The van der Waals surface area contributed by atoms with E-state index < -0.39 is 16.1 Å². The highest BCUT2D eigenvalue weighted by Crippen LogP contribution is 2.24. The SMILES string of the molecule is CC(C)CNC(=O)[C@H](Cc1ccccc1)N(Cc1ccccc1Cl)C(=O)CCCN(c1cccc(Cl)c1)S(C)(=O)=O. The van der Waals surface area contributed by atoms with Crippen molar-refractivity contribution in [1.29, 1.82) is 0 Å². The van der Waals surface area contributed by atoms with E-state index in [2.05, 4.69) is 5.32 Å². The number of nitrogens with zero attached hydrogens (tertiary/aromatic N) is 2. The summed E-state index contributed by atoms with van der Waals surface area (Å²) in [4.78, 5) is 29.0. The Hall–Kier alpha value is -3.07. The molecule has 0 unspecified atom stereocenters. The third-order valence-corrected chi connectivity index (χ3v) is 8.30. The highest BCUT2D eigenvalue weighted by atomic mass is 35.5. The lowest BCUT2D eigenvalue weighted by Gasteiger charge is -2.32. The second-order valence-corrected chi connectivity index (χ2v) is 13.1. The zero-order chi connectivity index (χ0) is 30.0. The summed E-state index contributed by atoms with van der Waals surface area (Å²) in [6.45, 7) is 4.70. The third-order valence-electron chi connectivity index (χ3n) is 6.50. The molecular formula is C31H37Cl2N3O4S. The summed E-state index contributed by atoms with van der Waals surface area (Å²) in [7, 11) is -3.62. The molecular weight excluding hydrogens is 581 g/mol. The van der Waals surface area contributed by atoms with E-state index in [0.29, 0.717) is 34.3 Å². The van der Waals surface area contributed by atoms with Crippen LogP contribution in [0, 0.1) is 5.92 Å². The Kier molecular flexibility index (Phi) is 12.1. The van der Waals surface area contributed by atoms with Gasteiger partial charge in [0.25, 0.3) is 0 Å². The van der Waals surface area contributed by atoms with Crippen LogP contribution in [0.4, 0.5) is 5.69 Å². The first-order chi connectivity index (χ1) is 19.5. The average Bonchev–Trinajstić information content (AvgIpc) is 2.92. The molecule has 0 saturated heterocycles.